The van der Waals surface area contributed by atoms with E-state index in [0.29, 0.717) is 87.5 Å². The van der Waals surface area contributed by atoms with Crippen molar-refractivity contribution in [2.45, 2.75) is 337 Å². The number of fused-ring (bicyclic) bond motifs is 15. The number of aromatic nitrogens is 6. The lowest BCUT2D eigenvalue weighted by Crippen LogP contribution is -2.58. The molecule has 9 N–H and O–H groups in total. The standard InChI is InChI=1S/C32H43N5O5.C31H41N5O5.C30H39N5O5/c1-18(2)29(30(33)38)42-35-28(32(40)41)27-31(39)37(26-12-4-3-11-25(26)34-27)24-16-21-9-6-10-22(17-24)36(21)23-14-19-7-5-8-20(13-19)15-23;1-31(2,30(32)40)41-34-27(29(38)39)26-28(37)36(25-12-4-3-11-24(25)33-26)23-16-20-9-6-10-21(17-23)35(20)22-14-18-7-5-8-19(13-18)15-22;1-17(28(31)36)40-33-27(30(38)39)26-29(37)35(25-11-3-2-10-24(25)32-26)23-15-20-8-5-9-21(16-23)34(20)22-13-18-6-4-7-19(12-18)14-22/h3-4,11-12,18-24,29H,5-10,13-17H2,1-2H3,(H2,33,38)(H,40,41);3-4,11-12,18-23H,5-10,13-17H2,1-2H3,(H2,32,40)(H,38,39);2-3,10-11,17-23H,4-9,12-16H2,1H3,(H2,31,36)(H,38,39)/b35-28-;34-27-;33-27-/t19?,20?,21-,22+,23?,24?,29?;18?,19?,20-,21+,22?,23?;17?,18?,19?,20-,21+,22?,23?. The minimum absolute atomic E-state index is 0.0747. The number of hydrogen-bond donors (Lipinski definition) is 6. The number of carboxylic acids is 3. The Morgan fingerprint density at radius 2 is 0.650 bits per heavy atom. The van der Waals surface area contributed by atoms with E-state index in [1.807, 2.05) is 54.6 Å². The summed E-state index contributed by atoms with van der Waals surface area (Å²) in [5.74, 6) is -1.94. The van der Waals surface area contributed by atoms with Crippen LogP contribution in [-0.2, 0) is 43.3 Å². The monoisotopic (exact) mass is 1690 g/mol. The Bertz CT molecular complexity index is 5190. The van der Waals surface area contributed by atoms with Crippen molar-refractivity contribution in [3.8, 4) is 0 Å². The average Bonchev–Trinajstić information content (AvgIpc) is 0.751. The molecule has 12 fully saturated rings. The molecule has 123 heavy (non-hydrogen) atoms. The number of oxime groups is 3. The highest BCUT2D eigenvalue weighted by molar-refractivity contribution is 6.43. The zero-order valence-electron chi connectivity index (χ0n) is 71.7. The third-order valence-corrected chi connectivity index (χ3v) is 30.2. The highest BCUT2D eigenvalue weighted by atomic mass is 16.7. The molecule has 3 amide bonds. The first-order valence-corrected chi connectivity index (χ1v) is 45.8. The SMILES string of the molecule is CC(C)(O/N=C(\C(=O)O)c1nc2ccccc2n(C2C[C@H]3CCC[C@@H](C2)N3C2CC3CCCC(C3)C2)c1=O)C(N)=O.CC(C)C(O/N=C(\C(=O)O)c1nc2ccccc2n(C2C[C@H]3CCC[C@@H](C2)N3C2CC3CCCC(C3)C2)c1=O)C(N)=O.CC(O/N=C(\C(=O)O)c1nc2ccccc2n(C2C[C@H]3CCC[C@@H](C2)N3C2CC3CCCC(C3)C2)c1=O)C(N)=O. The summed E-state index contributed by atoms with van der Waals surface area (Å²) in [6.45, 7) is 7.57. The Morgan fingerprint density at radius 3 is 0.919 bits per heavy atom. The summed E-state index contributed by atoms with van der Waals surface area (Å²) in [6, 6.07) is 26.2. The van der Waals surface area contributed by atoms with Crippen molar-refractivity contribution in [2.24, 2.45) is 74.1 Å². The number of piperidine rings is 6. The van der Waals surface area contributed by atoms with Gasteiger partial charge in [-0.1, -0.05) is 143 Å². The fraction of sp³-hybridized carbons (Fsp3) is 0.645. The van der Waals surface area contributed by atoms with Gasteiger partial charge in [-0.3, -0.25) is 43.5 Å². The molecular formula is C93H123N15O15. The van der Waals surface area contributed by atoms with E-state index in [9.17, 15) is 58.5 Å². The molecule has 0 spiro atoms. The van der Waals surface area contributed by atoms with Gasteiger partial charge in [0.2, 0.25) is 34.9 Å². The van der Waals surface area contributed by atoms with Crippen LogP contribution in [0, 0.1) is 41.4 Å². The van der Waals surface area contributed by atoms with Crippen molar-refractivity contribution < 1.29 is 58.6 Å². The Balaban J connectivity index is 0.000000137. The smallest absolute Gasteiger partial charge is 0.360 e. The molecule has 17 atom stereocenters. The molecule has 6 saturated heterocycles. The second-order valence-electron chi connectivity index (χ2n) is 38.9. The quantitative estimate of drug-likeness (QED) is 0.0271. The first-order valence-electron chi connectivity index (χ1n) is 45.8. The van der Waals surface area contributed by atoms with Gasteiger partial charge in [0.05, 0.1) is 33.1 Å². The number of carbonyl (C=O) groups excluding carboxylic acids is 3. The summed E-state index contributed by atoms with van der Waals surface area (Å²) in [5.41, 5.74) is 13.8. The molecule has 6 aromatic rings. The number of aliphatic carboxylic acids is 3. The minimum atomic E-state index is -1.56. The van der Waals surface area contributed by atoms with Crippen molar-refractivity contribution in [1.29, 1.82) is 0 Å². The maximum Gasteiger partial charge on any atom is 0.360 e. The van der Waals surface area contributed by atoms with Crippen molar-refractivity contribution in [3.63, 3.8) is 0 Å². The topological polar surface area (TPSA) is 420 Å². The number of amides is 3. The van der Waals surface area contributed by atoms with Gasteiger partial charge in [0.15, 0.2) is 17.1 Å². The van der Waals surface area contributed by atoms with Crippen LogP contribution < -0.4 is 33.9 Å². The second kappa shape index (κ2) is 36.8. The summed E-state index contributed by atoms with van der Waals surface area (Å²) in [7, 11) is 0. The van der Waals surface area contributed by atoms with Crippen molar-refractivity contribution in [1.82, 2.24) is 43.4 Å². The second-order valence-corrected chi connectivity index (χ2v) is 38.9. The normalized spacial score (nSPS) is 30.9. The number of carbonyl (C=O) groups is 6. The average molecular weight is 1690 g/mol. The van der Waals surface area contributed by atoms with E-state index in [4.69, 9.17) is 31.7 Å². The molecule has 30 heteroatoms. The third kappa shape index (κ3) is 18.3. The maximum atomic E-state index is 14.2. The molecule has 0 radical (unpaired) electrons. The van der Waals surface area contributed by atoms with E-state index < -0.39 is 87.3 Å². The van der Waals surface area contributed by atoms with E-state index in [1.165, 1.54) is 156 Å². The van der Waals surface area contributed by atoms with Gasteiger partial charge in [-0.15, -0.1) is 0 Å². The van der Waals surface area contributed by atoms with E-state index in [1.54, 1.807) is 45.7 Å². The molecule has 660 valence electrons. The molecular weight excluding hydrogens is 1570 g/mol. The highest BCUT2D eigenvalue weighted by Crippen LogP contribution is 2.52. The van der Waals surface area contributed by atoms with Gasteiger partial charge in [0.25, 0.3) is 34.4 Å². The summed E-state index contributed by atoms with van der Waals surface area (Å²) in [4.78, 5) is 152. The van der Waals surface area contributed by atoms with Gasteiger partial charge in [-0.05, 0) is 228 Å². The summed E-state index contributed by atoms with van der Waals surface area (Å²) >= 11 is 0. The first kappa shape index (κ1) is 86.7. The molecule has 9 heterocycles. The number of primary amides is 3. The summed E-state index contributed by atoms with van der Waals surface area (Å²) in [6.07, 6.45) is 37.6. The van der Waals surface area contributed by atoms with E-state index in [0.717, 1.165) is 113 Å². The van der Waals surface area contributed by atoms with Gasteiger partial charge in [-0.2, -0.15) is 0 Å². The molecule has 11 unspecified atom stereocenters. The number of benzene rings is 3. The number of rotatable bonds is 22. The van der Waals surface area contributed by atoms with Crippen LogP contribution in [0.2, 0.25) is 0 Å². The van der Waals surface area contributed by atoms with Crippen molar-refractivity contribution in [3.05, 3.63) is 121 Å². The fourth-order valence-electron chi connectivity index (χ4n) is 25.0. The van der Waals surface area contributed by atoms with Crippen LogP contribution in [0.1, 0.15) is 282 Å². The van der Waals surface area contributed by atoms with Crippen LogP contribution in [0.5, 0.6) is 0 Å². The van der Waals surface area contributed by atoms with Crippen LogP contribution in [0.4, 0.5) is 0 Å². The van der Waals surface area contributed by atoms with E-state index >= 15 is 0 Å². The van der Waals surface area contributed by atoms with Gasteiger partial charge in [0.1, 0.15) is 0 Å². The molecule has 12 bridgehead atoms. The van der Waals surface area contributed by atoms with E-state index in [-0.39, 0.29) is 41.1 Å². The van der Waals surface area contributed by atoms with Crippen LogP contribution in [0.3, 0.4) is 0 Å². The predicted octanol–water partition coefficient (Wildman–Crippen LogP) is 11.8. The third-order valence-electron chi connectivity index (χ3n) is 30.2. The lowest BCUT2D eigenvalue weighted by molar-refractivity contribution is -0.140. The van der Waals surface area contributed by atoms with Crippen LogP contribution in [0.25, 0.3) is 33.1 Å². The van der Waals surface area contributed by atoms with E-state index in [2.05, 4.69) is 45.1 Å². The lowest BCUT2D eigenvalue weighted by Gasteiger charge is -2.55. The summed E-state index contributed by atoms with van der Waals surface area (Å²) in [5, 5.41) is 41.2. The Hall–Kier alpha value is -9.81. The molecule has 3 aromatic carbocycles. The first-order chi connectivity index (χ1) is 59.1. The molecule has 30 nitrogen and oxygen atoms in total. The molecule has 6 saturated carbocycles. The Kier molecular flexibility index (Phi) is 25.9. The van der Waals surface area contributed by atoms with Crippen molar-refractivity contribution >= 4 is 85.9 Å². The van der Waals surface area contributed by atoms with Gasteiger partial charge >= 0.3 is 17.9 Å². The van der Waals surface area contributed by atoms with Gasteiger partial charge < -0.3 is 60.7 Å². The zero-order chi connectivity index (χ0) is 86.4. The van der Waals surface area contributed by atoms with Crippen LogP contribution in [0.15, 0.2) is 103 Å². The number of nitrogens with zero attached hydrogens (tertiary/aromatic N) is 12. The predicted molar refractivity (Wildman–Crippen MR) is 464 cm³/mol. The van der Waals surface area contributed by atoms with Gasteiger partial charge in [-0.25, -0.2) is 29.3 Å². The number of nitrogens with two attached hydrogens (primary N) is 3. The number of para-hydroxylation sites is 6. The number of carboxylic acid groups (broad SMARTS) is 3. The van der Waals surface area contributed by atoms with Crippen LogP contribution in [-0.4, -0.2) is 184 Å². The lowest BCUT2D eigenvalue weighted by atomic mass is 9.68. The fourth-order valence-corrected chi connectivity index (χ4v) is 25.0. The number of hydrogen-bond acceptors (Lipinski definition) is 21. The molecule has 6 aliphatic heterocycles. The van der Waals surface area contributed by atoms with Crippen LogP contribution >= 0.6 is 0 Å². The molecule has 18 rings (SSSR count). The Labute approximate surface area is 716 Å². The Morgan fingerprint density at radius 1 is 0.374 bits per heavy atom. The maximum absolute atomic E-state index is 14.2. The molecule has 6 aliphatic carbocycles. The zero-order valence-corrected chi connectivity index (χ0v) is 71.7. The largest absolute Gasteiger partial charge is 0.476 e. The minimum Gasteiger partial charge on any atom is -0.476 e. The molecule has 12 aliphatic rings. The highest BCUT2D eigenvalue weighted by Gasteiger charge is 2.51. The van der Waals surface area contributed by atoms with Gasteiger partial charge in [0, 0.05) is 78.4 Å². The van der Waals surface area contributed by atoms with Crippen molar-refractivity contribution in [2.75, 3.05) is 0 Å². The summed E-state index contributed by atoms with van der Waals surface area (Å²) < 4.78 is 5.28. The molecule has 3 aromatic heterocycles.